The Balaban J connectivity index is 1.15. The molecule has 0 aromatic heterocycles. The first-order valence-electron chi connectivity index (χ1n) is 11.4. The second-order valence-electron chi connectivity index (χ2n) is 9.09. The van der Waals surface area contributed by atoms with Gasteiger partial charge in [0.05, 0.1) is 33.7 Å². The molecule has 2 aliphatic carbocycles. The Kier molecular flexibility index (Phi) is 6.09. The first-order valence-corrected chi connectivity index (χ1v) is 11.8. The second kappa shape index (κ2) is 9.23. The lowest BCUT2D eigenvalue weighted by Crippen LogP contribution is -2.43. The highest BCUT2D eigenvalue weighted by Crippen LogP contribution is 2.55. The van der Waals surface area contributed by atoms with Crippen LogP contribution >= 0.6 is 11.6 Å². The van der Waals surface area contributed by atoms with Crippen molar-refractivity contribution in [1.29, 1.82) is 0 Å². The zero-order chi connectivity index (χ0) is 25.6. The predicted molar refractivity (Wildman–Crippen MR) is 129 cm³/mol. The second-order valence-corrected chi connectivity index (χ2v) is 9.49. The molecule has 2 fully saturated rings. The van der Waals surface area contributed by atoms with Gasteiger partial charge in [0, 0.05) is 0 Å². The summed E-state index contributed by atoms with van der Waals surface area (Å²) in [5, 5.41) is 0.221. The monoisotopic (exact) mass is 507 g/mol. The first kappa shape index (κ1) is 23.7. The predicted octanol–water partition coefficient (Wildman–Crippen LogP) is 2.66. The number of hydrogen-bond acceptors (Lipinski definition) is 6. The Morgan fingerprint density at radius 3 is 2.42 bits per heavy atom. The quantitative estimate of drug-likeness (QED) is 0.278. The average molecular weight is 508 g/mol. The van der Waals surface area contributed by atoms with Crippen molar-refractivity contribution >= 4 is 46.9 Å². The van der Waals surface area contributed by atoms with Gasteiger partial charge >= 0.3 is 5.97 Å². The molecular formula is C26H22ClN3O6. The van der Waals surface area contributed by atoms with Crippen molar-refractivity contribution in [3.8, 4) is 0 Å². The lowest BCUT2D eigenvalue weighted by atomic mass is 9.82. The van der Waals surface area contributed by atoms with Crippen LogP contribution < -0.4 is 15.8 Å². The van der Waals surface area contributed by atoms with Gasteiger partial charge in [-0.1, -0.05) is 35.4 Å². The first-order chi connectivity index (χ1) is 17.3. The average Bonchev–Trinajstić information content (AvgIpc) is 3.51. The van der Waals surface area contributed by atoms with Gasteiger partial charge in [-0.05, 0) is 61.6 Å². The third kappa shape index (κ3) is 4.05. The van der Waals surface area contributed by atoms with Gasteiger partial charge < -0.3 is 4.74 Å². The van der Waals surface area contributed by atoms with E-state index in [0.29, 0.717) is 5.69 Å². The van der Waals surface area contributed by atoms with Crippen molar-refractivity contribution < 1.29 is 28.7 Å². The number of esters is 1. The molecule has 3 aliphatic rings. The number of allylic oxidation sites excluding steroid dienone is 2. The van der Waals surface area contributed by atoms with E-state index in [4.69, 9.17) is 16.3 Å². The number of hydrazine groups is 1. The third-order valence-electron chi connectivity index (χ3n) is 7.01. The van der Waals surface area contributed by atoms with Gasteiger partial charge in [-0.25, -0.2) is 4.79 Å². The van der Waals surface area contributed by atoms with Crippen LogP contribution in [0.5, 0.6) is 0 Å². The minimum atomic E-state index is -0.775. The number of rotatable bonds is 5. The van der Waals surface area contributed by atoms with Crippen molar-refractivity contribution in [2.24, 2.45) is 23.7 Å². The minimum Gasteiger partial charge on any atom is -0.452 e. The minimum absolute atomic E-state index is 0.108. The number of hydrogen-bond donors (Lipinski definition) is 2. The lowest BCUT2D eigenvalue weighted by Gasteiger charge is -2.19. The Hall–Kier alpha value is -3.98. The van der Waals surface area contributed by atoms with Gasteiger partial charge in [0.25, 0.3) is 11.8 Å². The van der Waals surface area contributed by atoms with Crippen LogP contribution in [0.2, 0.25) is 5.02 Å². The van der Waals surface area contributed by atoms with E-state index in [0.717, 1.165) is 6.42 Å². The van der Waals surface area contributed by atoms with Crippen molar-refractivity contribution in [1.82, 2.24) is 10.9 Å². The van der Waals surface area contributed by atoms with Crippen LogP contribution in [0.15, 0.2) is 60.2 Å². The van der Waals surface area contributed by atoms with E-state index in [1.165, 1.54) is 46.9 Å². The SMILES string of the molecule is CC1=C[C@H]2C[C@H]1[C@@H]1C(=O)N(c3ccc(C(=O)OCC(=O)NNC(=O)c4ccccc4Cl)cc3)C(=O)[C@H]12. The molecular weight excluding hydrogens is 486 g/mol. The fourth-order valence-electron chi connectivity index (χ4n) is 5.37. The van der Waals surface area contributed by atoms with Crippen molar-refractivity contribution in [2.75, 3.05) is 11.5 Å². The molecule has 4 amide bonds. The Bertz CT molecular complexity index is 1320. The molecule has 0 spiro atoms. The molecule has 5 rings (SSSR count). The number of carbonyl (C=O) groups excluding carboxylic acids is 5. The number of carbonyl (C=O) groups is 5. The Labute approximate surface area is 211 Å². The van der Waals surface area contributed by atoms with Crippen molar-refractivity contribution in [3.05, 3.63) is 76.3 Å². The standard InChI is InChI=1S/C26H22ClN3O6/c1-13-10-15-11-18(13)22-21(15)24(33)30(25(22)34)16-8-6-14(7-9-16)26(35)36-12-20(31)28-29-23(32)17-4-2-3-5-19(17)27/h2-10,15,18,21-22H,11-12H2,1H3,(H,28,31)(H,29,32)/t15-,18+,21-,22-/m0/s1. The van der Waals surface area contributed by atoms with Gasteiger partial charge in [0.15, 0.2) is 6.61 Å². The molecule has 36 heavy (non-hydrogen) atoms. The summed E-state index contributed by atoms with van der Waals surface area (Å²) >= 11 is 5.93. The van der Waals surface area contributed by atoms with E-state index in [9.17, 15) is 24.0 Å². The largest absolute Gasteiger partial charge is 0.452 e. The molecule has 1 saturated heterocycles. The van der Waals surface area contributed by atoms with Crippen LogP contribution in [0.3, 0.4) is 0 Å². The number of halogens is 1. The number of ether oxygens (including phenoxy) is 1. The van der Waals surface area contributed by atoms with Crippen molar-refractivity contribution in [2.45, 2.75) is 13.3 Å². The number of nitrogens with one attached hydrogen (secondary N) is 2. The highest BCUT2D eigenvalue weighted by atomic mass is 35.5. The van der Waals surface area contributed by atoms with Gasteiger partial charge in [0.2, 0.25) is 11.8 Å². The fraction of sp³-hybridized carbons (Fsp3) is 0.269. The molecule has 2 aromatic rings. The fourth-order valence-corrected chi connectivity index (χ4v) is 5.59. The Morgan fingerprint density at radius 2 is 1.69 bits per heavy atom. The van der Waals surface area contributed by atoms with Crippen LogP contribution in [-0.4, -0.2) is 36.2 Å². The molecule has 1 saturated carbocycles. The van der Waals surface area contributed by atoms with Gasteiger partial charge in [-0.3, -0.25) is 34.9 Å². The molecule has 10 heteroatoms. The van der Waals surface area contributed by atoms with Gasteiger partial charge in [-0.2, -0.15) is 0 Å². The maximum Gasteiger partial charge on any atom is 0.338 e. The van der Waals surface area contributed by atoms with Crippen LogP contribution in [-0.2, 0) is 19.1 Å². The number of anilines is 1. The number of benzene rings is 2. The smallest absolute Gasteiger partial charge is 0.338 e. The summed E-state index contributed by atoms with van der Waals surface area (Å²) in [6, 6.07) is 12.2. The zero-order valence-corrected chi connectivity index (χ0v) is 20.0. The summed E-state index contributed by atoms with van der Waals surface area (Å²) in [5.74, 6) is -2.94. The molecule has 2 bridgehead atoms. The number of amides is 4. The molecule has 0 radical (unpaired) electrons. The highest BCUT2D eigenvalue weighted by Gasteiger charge is 2.60. The number of imide groups is 1. The van der Waals surface area contributed by atoms with Crippen LogP contribution in [0.1, 0.15) is 34.1 Å². The van der Waals surface area contributed by atoms with E-state index < -0.39 is 24.4 Å². The molecule has 1 aliphatic heterocycles. The molecule has 4 atom stereocenters. The maximum atomic E-state index is 13.1. The molecule has 1 heterocycles. The summed E-state index contributed by atoms with van der Waals surface area (Å²) < 4.78 is 4.99. The lowest BCUT2D eigenvalue weighted by molar-refractivity contribution is -0.125. The summed E-state index contributed by atoms with van der Waals surface area (Å²) in [7, 11) is 0. The summed E-state index contributed by atoms with van der Waals surface area (Å²) in [5.41, 5.74) is 6.23. The van der Waals surface area contributed by atoms with Crippen LogP contribution in [0, 0.1) is 23.7 Å². The van der Waals surface area contributed by atoms with E-state index in [1.54, 1.807) is 12.1 Å². The topological polar surface area (TPSA) is 122 Å². The van der Waals surface area contributed by atoms with Crippen LogP contribution in [0.25, 0.3) is 0 Å². The maximum absolute atomic E-state index is 13.1. The molecule has 2 N–H and O–H groups in total. The van der Waals surface area contributed by atoms with Gasteiger partial charge in [0.1, 0.15) is 0 Å². The number of nitrogens with zero attached hydrogens (tertiary/aromatic N) is 1. The summed E-state index contributed by atoms with van der Waals surface area (Å²) in [4.78, 5) is 63.6. The van der Waals surface area contributed by atoms with Crippen molar-refractivity contribution in [3.63, 3.8) is 0 Å². The highest BCUT2D eigenvalue weighted by molar-refractivity contribution is 6.33. The van der Waals surface area contributed by atoms with E-state index in [-0.39, 0.29) is 51.6 Å². The molecule has 9 nitrogen and oxygen atoms in total. The zero-order valence-electron chi connectivity index (χ0n) is 19.2. The van der Waals surface area contributed by atoms with Crippen LogP contribution in [0.4, 0.5) is 5.69 Å². The van der Waals surface area contributed by atoms with E-state index in [1.807, 2.05) is 6.92 Å². The van der Waals surface area contributed by atoms with Gasteiger partial charge in [-0.15, -0.1) is 0 Å². The molecule has 0 unspecified atom stereocenters. The molecule has 2 aromatic carbocycles. The van der Waals surface area contributed by atoms with E-state index in [2.05, 4.69) is 16.9 Å². The summed E-state index contributed by atoms with van der Waals surface area (Å²) in [6.45, 7) is 1.37. The summed E-state index contributed by atoms with van der Waals surface area (Å²) in [6.07, 6.45) is 2.96. The molecule has 184 valence electrons. The normalized spacial score (nSPS) is 23.8. The number of fused-ring (bicyclic) bond motifs is 5. The van der Waals surface area contributed by atoms with E-state index >= 15 is 0 Å². The Morgan fingerprint density at radius 1 is 1.00 bits per heavy atom. The third-order valence-corrected chi connectivity index (χ3v) is 7.34.